The van der Waals surface area contributed by atoms with Gasteiger partial charge in [0.25, 0.3) is 15.9 Å². The van der Waals surface area contributed by atoms with Crippen LogP contribution in [0.1, 0.15) is 20.8 Å². The van der Waals surface area contributed by atoms with Crippen molar-refractivity contribution in [2.75, 3.05) is 4.72 Å². The quantitative estimate of drug-likeness (QED) is 0.696. The molecule has 0 aliphatic carbocycles. The third kappa shape index (κ3) is 3.63. The molecule has 0 fully saturated rings. The second kappa shape index (κ2) is 6.93. The molecule has 134 valence electrons. The molecule has 5 nitrogen and oxygen atoms in total. The Balaban J connectivity index is 2.03. The van der Waals surface area contributed by atoms with E-state index in [1.165, 1.54) is 0 Å². The Bertz CT molecular complexity index is 1070. The predicted octanol–water partition coefficient (Wildman–Crippen LogP) is 3.93. The molecule has 7 heteroatoms. The van der Waals surface area contributed by atoms with E-state index in [0.717, 1.165) is 27.3 Å². The van der Waals surface area contributed by atoms with Crippen molar-refractivity contribution in [3.05, 3.63) is 70.6 Å². The van der Waals surface area contributed by atoms with Crippen molar-refractivity contribution in [3.8, 4) is 10.4 Å². The lowest BCUT2D eigenvalue weighted by atomic mass is 10.2. The Morgan fingerprint density at radius 2 is 1.73 bits per heavy atom. The van der Waals surface area contributed by atoms with Crippen molar-refractivity contribution >= 4 is 33.0 Å². The Kier molecular flexibility index (Phi) is 4.84. The Morgan fingerprint density at radius 3 is 2.35 bits per heavy atom. The number of aryl methyl sites for hydroxylation is 2. The maximum Gasteiger partial charge on any atom is 0.262 e. The van der Waals surface area contributed by atoms with E-state index in [1.54, 1.807) is 31.2 Å². The van der Waals surface area contributed by atoms with Gasteiger partial charge in [-0.25, -0.2) is 8.42 Å². The van der Waals surface area contributed by atoms with Crippen LogP contribution in [-0.4, -0.2) is 14.3 Å². The summed E-state index contributed by atoms with van der Waals surface area (Å²) in [4.78, 5) is 12.9. The average molecular weight is 386 g/mol. The lowest BCUT2D eigenvalue weighted by molar-refractivity contribution is 0.100. The van der Waals surface area contributed by atoms with Crippen LogP contribution in [0.25, 0.3) is 10.4 Å². The molecule has 3 N–H and O–H groups in total. The molecule has 3 rings (SSSR count). The molecule has 1 aromatic heterocycles. The molecule has 0 bridgehead atoms. The Labute approximate surface area is 156 Å². The van der Waals surface area contributed by atoms with Crippen LogP contribution in [0.3, 0.4) is 0 Å². The molecule has 0 aliphatic rings. The number of hydrogen-bond donors (Lipinski definition) is 2. The highest BCUT2D eigenvalue weighted by molar-refractivity contribution is 7.92. The standard InChI is InChI=1S/C19H18N2O3S2/c1-12-8-9-17(13(2)10-12)26(23,24)21-15-11-16(25-18(15)19(20)22)14-6-4-3-5-7-14/h3-11,21H,1-2H3,(H2,20,22). The van der Waals surface area contributed by atoms with E-state index < -0.39 is 15.9 Å². The van der Waals surface area contributed by atoms with Crippen LogP contribution in [0.15, 0.2) is 59.5 Å². The number of carbonyl (C=O) groups is 1. The van der Waals surface area contributed by atoms with E-state index in [0.29, 0.717) is 5.56 Å². The average Bonchev–Trinajstić information content (AvgIpc) is 2.98. The molecule has 0 aliphatic heterocycles. The van der Waals surface area contributed by atoms with Gasteiger partial charge in [-0.2, -0.15) is 0 Å². The largest absolute Gasteiger partial charge is 0.365 e. The SMILES string of the molecule is Cc1ccc(S(=O)(=O)Nc2cc(-c3ccccc3)sc2C(N)=O)c(C)c1. The molecule has 0 atom stereocenters. The molecule has 0 spiro atoms. The van der Waals surface area contributed by atoms with E-state index in [2.05, 4.69) is 4.72 Å². The Hall–Kier alpha value is -2.64. The molecular weight excluding hydrogens is 368 g/mol. The lowest BCUT2D eigenvalue weighted by Crippen LogP contribution is -2.17. The van der Waals surface area contributed by atoms with Gasteiger partial charge < -0.3 is 5.73 Å². The van der Waals surface area contributed by atoms with Gasteiger partial charge in [0.05, 0.1) is 10.6 Å². The molecule has 1 amide bonds. The number of thiophene rings is 1. The number of amides is 1. The topological polar surface area (TPSA) is 89.3 Å². The fraction of sp³-hybridized carbons (Fsp3) is 0.105. The fourth-order valence-corrected chi connectivity index (χ4v) is 5.02. The van der Waals surface area contributed by atoms with Gasteiger partial charge in [0.2, 0.25) is 0 Å². The summed E-state index contributed by atoms with van der Waals surface area (Å²) < 4.78 is 28.1. The molecule has 2 aromatic carbocycles. The first-order valence-electron chi connectivity index (χ1n) is 7.87. The van der Waals surface area contributed by atoms with Crippen LogP contribution in [0.4, 0.5) is 5.69 Å². The van der Waals surface area contributed by atoms with Gasteiger partial charge in [0.1, 0.15) is 4.88 Å². The normalized spacial score (nSPS) is 11.3. The molecular formula is C19H18N2O3S2. The van der Waals surface area contributed by atoms with Crippen LogP contribution in [0, 0.1) is 13.8 Å². The summed E-state index contributed by atoms with van der Waals surface area (Å²) in [6.07, 6.45) is 0. The second-order valence-corrected chi connectivity index (χ2v) is 8.66. The van der Waals surface area contributed by atoms with Crippen molar-refractivity contribution in [2.45, 2.75) is 18.7 Å². The maximum atomic E-state index is 12.8. The van der Waals surface area contributed by atoms with E-state index in [-0.39, 0.29) is 15.5 Å². The van der Waals surface area contributed by atoms with E-state index in [4.69, 9.17) is 5.73 Å². The molecule has 0 unspecified atom stereocenters. The van der Waals surface area contributed by atoms with E-state index in [1.807, 2.05) is 37.3 Å². The molecule has 26 heavy (non-hydrogen) atoms. The highest BCUT2D eigenvalue weighted by atomic mass is 32.2. The number of rotatable bonds is 5. The first-order chi connectivity index (χ1) is 12.3. The number of hydrogen-bond acceptors (Lipinski definition) is 4. The lowest BCUT2D eigenvalue weighted by Gasteiger charge is -2.10. The first-order valence-corrected chi connectivity index (χ1v) is 10.2. The third-order valence-corrected chi connectivity index (χ3v) is 6.60. The van der Waals surface area contributed by atoms with Gasteiger partial charge in [-0.1, -0.05) is 48.0 Å². The minimum absolute atomic E-state index is 0.172. The van der Waals surface area contributed by atoms with Crippen molar-refractivity contribution < 1.29 is 13.2 Å². The zero-order valence-electron chi connectivity index (χ0n) is 14.3. The molecule has 1 heterocycles. The van der Waals surface area contributed by atoms with Crippen LogP contribution in [0.5, 0.6) is 0 Å². The van der Waals surface area contributed by atoms with Crippen molar-refractivity contribution in [1.29, 1.82) is 0 Å². The summed E-state index contributed by atoms with van der Waals surface area (Å²) in [5, 5.41) is 0. The van der Waals surface area contributed by atoms with Gasteiger partial charge in [-0.05, 0) is 37.1 Å². The van der Waals surface area contributed by atoms with Crippen LogP contribution in [-0.2, 0) is 10.0 Å². The van der Waals surface area contributed by atoms with Gasteiger partial charge in [0, 0.05) is 4.88 Å². The monoisotopic (exact) mass is 386 g/mol. The highest BCUT2D eigenvalue weighted by Gasteiger charge is 2.22. The number of nitrogens with two attached hydrogens (primary N) is 1. The summed E-state index contributed by atoms with van der Waals surface area (Å²) in [5.41, 5.74) is 8.14. The van der Waals surface area contributed by atoms with Crippen LogP contribution >= 0.6 is 11.3 Å². The first kappa shape index (κ1) is 18.2. The number of nitrogens with one attached hydrogen (secondary N) is 1. The van der Waals surface area contributed by atoms with Gasteiger partial charge >= 0.3 is 0 Å². The summed E-state index contributed by atoms with van der Waals surface area (Å²) in [6, 6.07) is 16.1. The number of sulfonamides is 1. The smallest absolute Gasteiger partial charge is 0.262 e. The molecule has 0 radical (unpaired) electrons. The Morgan fingerprint density at radius 1 is 1.04 bits per heavy atom. The van der Waals surface area contributed by atoms with Crippen molar-refractivity contribution in [3.63, 3.8) is 0 Å². The minimum atomic E-state index is -3.84. The van der Waals surface area contributed by atoms with E-state index in [9.17, 15) is 13.2 Å². The van der Waals surface area contributed by atoms with Gasteiger partial charge in [-0.15, -0.1) is 11.3 Å². The predicted molar refractivity (Wildman–Crippen MR) is 105 cm³/mol. The third-order valence-electron chi connectivity index (χ3n) is 3.88. The minimum Gasteiger partial charge on any atom is -0.365 e. The molecule has 0 saturated heterocycles. The summed E-state index contributed by atoms with van der Waals surface area (Å²) in [6.45, 7) is 3.63. The van der Waals surface area contributed by atoms with Crippen LogP contribution in [0.2, 0.25) is 0 Å². The number of carbonyl (C=O) groups excluding carboxylic acids is 1. The number of anilines is 1. The number of benzene rings is 2. The zero-order chi connectivity index (χ0) is 18.9. The van der Waals surface area contributed by atoms with Gasteiger partial charge in [0.15, 0.2) is 0 Å². The summed E-state index contributed by atoms with van der Waals surface area (Å²) >= 11 is 1.16. The number of primary amides is 1. The van der Waals surface area contributed by atoms with Crippen molar-refractivity contribution in [2.24, 2.45) is 5.73 Å². The molecule has 3 aromatic rings. The fourth-order valence-electron chi connectivity index (χ4n) is 2.70. The highest BCUT2D eigenvalue weighted by Crippen LogP contribution is 2.35. The van der Waals surface area contributed by atoms with E-state index >= 15 is 0 Å². The maximum absolute atomic E-state index is 12.8. The van der Waals surface area contributed by atoms with Gasteiger partial charge in [-0.3, -0.25) is 9.52 Å². The van der Waals surface area contributed by atoms with Crippen LogP contribution < -0.4 is 10.5 Å². The van der Waals surface area contributed by atoms with Crippen molar-refractivity contribution in [1.82, 2.24) is 0 Å². The zero-order valence-corrected chi connectivity index (χ0v) is 15.9. The summed E-state index contributed by atoms with van der Waals surface area (Å²) in [7, 11) is -3.84. The second-order valence-electron chi connectivity index (χ2n) is 5.96. The molecule has 0 saturated carbocycles. The summed E-state index contributed by atoms with van der Waals surface area (Å²) in [5.74, 6) is -0.671.